The molecule has 2 N–H and O–H groups in total. The molecule has 0 bridgehead atoms. The summed E-state index contributed by atoms with van der Waals surface area (Å²) in [4.78, 5) is 28.0. The number of anilines is 2. The first kappa shape index (κ1) is 21.7. The summed E-state index contributed by atoms with van der Waals surface area (Å²) in [6, 6.07) is 6.44. The normalized spacial score (nSPS) is 15.6. The summed E-state index contributed by atoms with van der Waals surface area (Å²) < 4.78 is 20.9. The van der Waals surface area contributed by atoms with E-state index in [-0.39, 0.29) is 24.0 Å². The van der Waals surface area contributed by atoms with Crippen molar-refractivity contribution in [3.63, 3.8) is 0 Å². The van der Waals surface area contributed by atoms with E-state index in [0.29, 0.717) is 35.0 Å². The summed E-state index contributed by atoms with van der Waals surface area (Å²) in [6.07, 6.45) is 7.49. The second-order valence-electron chi connectivity index (χ2n) is 7.84. The number of hydrogen-bond donors (Lipinski definition) is 2. The molecule has 1 fully saturated rings. The van der Waals surface area contributed by atoms with Gasteiger partial charge in [0.25, 0.3) is 5.91 Å². The molecule has 4 aromatic heterocycles. The van der Waals surface area contributed by atoms with E-state index in [0.717, 1.165) is 19.0 Å². The van der Waals surface area contributed by atoms with Gasteiger partial charge in [0.2, 0.25) is 5.88 Å². The molecule has 0 aliphatic carbocycles. The lowest BCUT2D eigenvalue weighted by Gasteiger charge is -2.26. The number of amides is 1. The second-order valence-corrected chi connectivity index (χ2v) is 7.84. The van der Waals surface area contributed by atoms with Gasteiger partial charge >= 0.3 is 0 Å². The molecular weight excluding hydrogens is 441 g/mol. The van der Waals surface area contributed by atoms with Gasteiger partial charge in [-0.25, -0.2) is 23.9 Å². The van der Waals surface area contributed by atoms with Crippen LogP contribution >= 0.6 is 0 Å². The summed E-state index contributed by atoms with van der Waals surface area (Å²) in [7, 11) is 1.51. The number of aliphatic hydroxyl groups is 1. The SMILES string of the molecule is COc1ncc(F)cc1[C@H]1CCCN1c1ccn2ncc(C(=O)Nc3ncccc3CO)c2n1. The average Bonchev–Trinajstić information content (AvgIpc) is 3.51. The van der Waals surface area contributed by atoms with Crippen LogP contribution in [0.15, 0.2) is 49.1 Å². The van der Waals surface area contributed by atoms with Crippen molar-refractivity contribution in [3.05, 3.63) is 71.6 Å². The minimum Gasteiger partial charge on any atom is -0.481 e. The molecule has 10 nitrogen and oxygen atoms in total. The van der Waals surface area contributed by atoms with Gasteiger partial charge < -0.3 is 20.1 Å². The Kier molecular flexibility index (Phi) is 5.76. The number of carbonyl (C=O) groups is 1. The Morgan fingerprint density at radius 3 is 3.03 bits per heavy atom. The molecule has 1 atom stereocenters. The van der Waals surface area contributed by atoms with Crippen LogP contribution in [0.3, 0.4) is 0 Å². The predicted octanol–water partition coefficient (Wildman–Crippen LogP) is 2.75. The van der Waals surface area contributed by atoms with Crippen molar-refractivity contribution in [1.82, 2.24) is 24.6 Å². The molecule has 1 saturated heterocycles. The van der Waals surface area contributed by atoms with Crippen LogP contribution in [0, 0.1) is 5.82 Å². The van der Waals surface area contributed by atoms with E-state index in [2.05, 4.69) is 25.3 Å². The van der Waals surface area contributed by atoms with E-state index in [1.807, 2.05) is 6.07 Å². The highest BCUT2D eigenvalue weighted by atomic mass is 19.1. The molecule has 11 heteroatoms. The number of methoxy groups -OCH3 is 1. The van der Waals surface area contributed by atoms with E-state index in [4.69, 9.17) is 9.72 Å². The fourth-order valence-corrected chi connectivity index (χ4v) is 4.25. The highest BCUT2D eigenvalue weighted by molar-refractivity contribution is 6.08. The summed E-state index contributed by atoms with van der Waals surface area (Å²) >= 11 is 0. The molecule has 0 saturated carbocycles. The maximum Gasteiger partial charge on any atom is 0.262 e. The van der Waals surface area contributed by atoms with E-state index in [1.54, 1.807) is 18.3 Å². The first-order valence-corrected chi connectivity index (χ1v) is 10.8. The van der Waals surface area contributed by atoms with Gasteiger partial charge in [0.1, 0.15) is 23.0 Å². The summed E-state index contributed by atoms with van der Waals surface area (Å²) in [5, 5.41) is 16.5. The Hall–Kier alpha value is -4.12. The van der Waals surface area contributed by atoms with Crippen LogP contribution in [0.2, 0.25) is 0 Å². The van der Waals surface area contributed by atoms with Crippen LogP contribution in [-0.2, 0) is 6.61 Å². The lowest BCUT2D eigenvalue weighted by molar-refractivity contribution is 0.102. The summed E-state index contributed by atoms with van der Waals surface area (Å²) in [5.74, 6) is 0.402. The summed E-state index contributed by atoms with van der Waals surface area (Å²) in [5.41, 5.74) is 1.78. The molecule has 1 amide bonds. The van der Waals surface area contributed by atoms with E-state index >= 15 is 0 Å². The third kappa shape index (κ3) is 3.90. The minimum atomic E-state index is -0.443. The number of rotatable bonds is 6. The average molecular weight is 463 g/mol. The van der Waals surface area contributed by atoms with Crippen molar-refractivity contribution < 1.29 is 19.0 Å². The number of pyridine rings is 2. The predicted molar refractivity (Wildman–Crippen MR) is 121 cm³/mol. The lowest BCUT2D eigenvalue weighted by Crippen LogP contribution is -2.24. The van der Waals surface area contributed by atoms with Crippen LogP contribution in [0.25, 0.3) is 5.65 Å². The number of hydrogen-bond acceptors (Lipinski definition) is 8. The maximum atomic E-state index is 14.0. The first-order valence-electron chi connectivity index (χ1n) is 10.8. The van der Waals surface area contributed by atoms with Crippen molar-refractivity contribution in [2.24, 2.45) is 0 Å². The Labute approximate surface area is 194 Å². The van der Waals surface area contributed by atoms with Gasteiger partial charge in [0.15, 0.2) is 5.65 Å². The number of nitrogens with one attached hydrogen (secondary N) is 1. The quantitative estimate of drug-likeness (QED) is 0.448. The molecular formula is C23H22FN7O3. The largest absolute Gasteiger partial charge is 0.481 e. The monoisotopic (exact) mass is 463 g/mol. The Bertz CT molecular complexity index is 1360. The number of aliphatic hydroxyl groups excluding tert-OH is 1. The van der Waals surface area contributed by atoms with Crippen LogP contribution in [0.1, 0.15) is 40.4 Å². The fraction of sp³-hybridized carbons (Fsp3) is 0.261. The topological polar surface area (TPSA) is 118 Å². The zero-order valence-electron chi connectivity index (χ0n) is 18.3. The van der Waals surface area contributed by atoms with Crippen LogP contribution in [-0.4, -0.2) is 49.2 Å². The minimum absolute atomic E-state index is 0.172. The zero-order chi connectivity index (χ0) is 23.7. The second kappa shape index (κ2) is 9.02. The van der Waals surface area contributed by atoms with E-state index in [1.165, 1.54) is 30.1 Å². The molecule has 0 radical (unpaired) electrons. The van der Waals surface area contributed by atoms with Gasteiger partial charge in [-0.3, -0.25) is 4.79 Å². The number of ether oxygens (including phenoxy) is 1. The van der Waals surface area contributed by atoms with Crippen LogP contribution < -0.4 is 15.0 Å². The van der Waals surface area contributed by atoms with Gasteiger partial charge in [-0.2, -0.15) is 5.10 Å². The van der Waals surface area contributed by atoms with E-state index in [9.17, 15) is 14.3 Å². The van der Waals surface area contributed by atoms with Crippen LogP contribution in [0.5, 0.6) is 5.88 Å². The van der Waals surface area contributed by atoms with E-state index < -0.39 is 11.7 Å². The van der Waals surface area contributed by atoms with Crippen molar-refractivity contribution in [2.45, 2.75) is 25.5 Å². The molecule has 1 aliphatic rings. The van der Waals surface area contributed by atoms with Gasteiger partial charge in [-0.1, -0.05) is 6.07 Å². The molecule has 5 rings (SSSR count). The van der Waals surface area contributed by atoms with Gasteiger partial charge in [-0.15, -0.1) is 0 Å². The van der Waals surface area contributed by atoms with Gasteiger partial charge in [-0.05, 0) is 31.0 Å². The molecule has 0 aromatic carbocycles. The highest BCUT2D eigenvalue weighted by Crippen LogP contribution is 2.38. The zero-order valence-corrected chi connectivity index (χ0v) is 18.3. The third-order valence-electron chi connectivity index (χ3n) is 5.84. The van der Waals surface area contributed by atoms with Crippen molar-refractivity contribution in [3.8, 4) is 5.88 Å². The highest BCUT2D eigenvalue weighted by Gasteiger charge is 2.31. The molecule has 0 spiro atoms. The number of halogens is 1. The number of aromatic nitrogens is 5. The molecule has 4 aromatic rings. The number of carbonyl (C=O) groups excluding carboxylic acids is 1. The van der Waals surface area contributed by atoms with Crippen molar-refractivity contribution in [1.29, 1.82) is 0 Å². The molecule has 1 aliphatic heterocycles. The van der Waals surface area contributed by atoms with Crippen molar-refractivity contribution in [2.75, 3.05) is 23.9 Å². The van der Waals surface area contributed by atoms with Gasteiger partial charge in [0, 0.05) is 30.1 Å². The smallest absolute Gasteiger partial charge is 0.262 e. The maximum absolute atomic E-state index is 14.0. The molecule has 174 valence electrons. The Morgan fingerprint density at radius 1 is 1.32 bits per heavy atom. The Morgan fingerprint density at radius 2 is 2.21 bits per heavy atom. The fourth-order valence-electron chi connectivity index (χ4n) is 4.25. The third-order valence-corrected chi connectivity index (χ3v) is 5.84. The number of nitrogens with zero attached hydrogens (tertiary/aromatic N) is 6. The van der Waals surface area contributed by atoms with Gasteiger partial charge in [0.05, 0.1) is 32.2 Å². The Balaban J connectivity index is 1.48. The molecule has 0 unspecified atom stereocenters. The molecule has 34 heavy (non-hydrogen) atoms. The summed E-state index contributed by atoms with van der Waals surface area (Å²) in [6.45, 7) is 0.451. The molecule has 5 heterocycles. The standard InChI is InChI=1S/C23H22FN7O3/c1-34-23-16(10-15(24)11-26-23)18-5-3-8-30(18)19-6-9-31-21(28-19)17(12-27-31)22(33)29-20-14(13-32)4-2-7-25-20/h2,4,6-7,9-12,18,32H,3,5,8,13H2,1H3,(H,25,29,33)/t18-/m1/s1. The lowest BCUT2D eigenvalue weighted by atomic mass is 10.1. The number of fused-ring (bicyclic) bond motifs is 1. The van der Waals surface area contributed by atoms with Crippen LogP contribution in [0.4, 0.5) is 16.0 Å². The first-order chi connectivity index (χ1) is 16.6. The van der Waals surface area contributed by atoms with Crippen molar-refractivity contribution >= 4 is 23.2 Å².